The Morgan fingerprint density at radius 1 is 0.963 bits per heavy atom. The molecule has 2 rings (SSSR count). The molecule has 0 radical (unpaired) electrons. The van der Waals surface area contributed by atoms with Crippen molar-refractivity contribution in [2.75, 3.05) is 5.32 Å². The van der Waals surface area contributed by atoms with E-state index in [9.17, 15) is 22.8 Å². The van der Waals surface area contributed by atoms with Gasteiger partial charge in [-0.05, 0) is 44.5 Å². The van der Waals surface area contributed by atoms with E-state index >= 15 is 0 Å². The van der Waals surface area contributed by atoms with Crippen molar-refractivity contribution in [3.8, 4) is 0 Å². The Morgan fingerprint density at radius 2 is 1.63 bits per heavy atom. The molecular formula is C20H21F3N2O2. The lowest BCUT2D eigenvalue weighted by Crippen LogP contribution is -2.44. The van der Waals surface area contributed by atoms with Gasteiger partial charge in [-0.25, -0.2) is 0 Å². The molecular weight excluding hydrogens is 357 g/mol. The van der Waals surface area contributed by atoms with E-state index in [4.69, 9.17) is 0 Å². The number of carbonyl (C=O) groups is 2. The summed E-state index contributed by atoms with van der Waals surface area (Å²) in [5.74, 6) is -1.21. The summed E-state index contributed by atoms with van der Waals surface area (Å²) in [6, 6.07) is 11.8. The van der Waals surface area contributed by atoms with E-state index in [-0.39, 0.29) is 12.2 Å². The first kappa shape index (κ1) is 20.5. The second kappa shape index (κ2) is 7.82. The van der Waals surface area contributed by atoms with Gasteiger partial charge in [0.25, 0.3) is 0 Å². The van der Waals surface area contributed by atoms with Crippen LogP contribution in [0.3, 0.4) is 0 Å². The van der Waals surface area contributed by atoms with Gasteiger partial charge in [-0.2, -0.15) is 13.2 Å². The number of alkyl halides is 3. The van der Waals surface area contributed by atoms with E-state index in [0.29, 0.717) is 0 Å². The fourth-order valence-electron chi connectivity index (χ4n) is 2.39. The summed E-state index contributed by atoms with van der Waals surface area (Å²) < 4.78 is 38.3. The Kier molecular flexibility index (Phi) is 5.93. The summed E-state index contributed by atoms with van der Waals surface area (Å²) in [6.45, 7) is 5.02. The predicted molar refractivity (Wildman–Crippen MR) is 96.9 cm³/mol. The van der Waals surface area contributed by atoms with Crippen LogP contribution in [0, 0.1) is 12.3 Å². The molecule has 0 saturated carbocycles. The van der Waals surface area contributed by atoms with Crippen LogP contribution in [0.4, 0.5) is 18.9 Å². The van der Waals surface area contributed by atoms with Gasteiger partial charge in [0, 0.05) is 12.2 Å². The van der Waals surface area contributed by atoms with Crippen LogP contribution in [0.5, 0.6) is 0 Å². The lowest BCUT2D eigenvalue weighted by molar-refractivity contribution is -0.139. The molecule has 0 aliphatic carbocycles. The standard InChI is InChI=1S/C20H21F3N2O2/c1-13-6-4-7-14(10-13)12-24-17(26)19(2,3)18(27)25-16-9-5-8-15(11-16)20(21,22)23/h4-11H,12H2,1-3H3,(H,24,26)(H,25,27). The van der Waals surface area contributed by atoms with Crippen molar-refractivity contribution in [2.24, 2.45) is 5.41 Å². The smallest absolute Gasteiger partial charge is 0.351 e. The molecule has 0 heterocycles. The Balaban J connectivity index is 2.04. The maximum absolute atomic E-state index is 12.8. The molecule has 2 amide bonds. The lowest BCUT2D eigenvalue weighted by atomic mass is 9.90. The molecule has 0 spiro atoms. The highest BCUT2D eigenvalue weighted by Crippen LogP contribution is 2.31. The highest BCUT2D eigenvalue weighted by molar-refractivity contribution is 6.09. The minimum atomic E-state index is -4.51. The van der Waals surface area contributed by atoms with Gasteiger partial charge in [0.2, 0.25) is 11.8 Å². The minimum Gasteiger partial charge on any atom is -0.351 e. The SMILES string of the molecule is Cc1cccc(CNC(=O)C(C)(C)C(=O)Nc2cccc(C(F)(F)F)c2)c1. The Morgan fingerprint density at radius 3 is 2.26 bits per heavy atom. The van der Waals surface area contributed by atoms with E-state index in [1.54, 1.807) is 0 Å². The molecule has 0 saturated heterocycles. The number of hydrogen-bond acceptors (Lipinski definition) is 2. The largest absolute Gasteiger partial charge is 0.416 e. The second-order valence-corrected chi connectivity index (χ2v) is 6.83. The maximum Gasteiger partial charge on any atom is 0.416 e. The van der Waals surface area contributed by atoms with Gasteiger partial charge >= 0.3 is 6.18 Å². The summed E-state index contributed by atoms with van der Waals surface area (Å²) in [7, 11) is 0. The van der Waals surface area contributed by atoms with Crippen molar-refractivity contribution >= 4 is 17.5 Å². The van der Waals surface area contributed by atoms with Crippen LogP contribution in [0.2, 0.25) is 0 Å². The zero-order valence-electron chi connectivity index (χ0n) is 15.3. The van der Waals surface area contributed by atoms with Crippen LogP contribution in [-0.4, -0.2) is 11.8 Å². The molecule has 144 valence electrons. The van der Waals surface area contributed by atoms with Crippen LogP contribution >= 0.6 is 0 Å². The zero-order valence-corrected chi connectivity index (χ0v) is 15.3. The number of halogens is 3. The highest BCUT2D eigenvalue weighted by Gasteiger charge is 2.36. The molecule has 0 fully saturated rings. The van der Waals surface area contributed by atoms with Crippen molar-refractivity contribution in [1.82, 2.24) is 5.32 Å². The molecule has 27 heavy (non-hydrogen) atoms. The number of aryl methyl sites for hydroxylation is 1. The zero-order chi connectivity index (χ0) is 20.2. The Hall–Kier alpha value is -2.83. The summed E-state index contributed by atoms with van der Waals surface area (Å²) in [6.07, 6.45) is -4.51. The van der Waals surface area contributed by atoms with E-state index < -0.39 is 29.0 Å². The number of nitrogens with one attached hydrogen (secondary N) is 2. The molecule has 2 aromatic carbocycles. The molecule has 0 unspecified atom stereocenters. The molecule has 0 bridgehead atoms. The monoisotopic (exact) mass is 378 g/mol. The highest BCUT2D eigenvalue weighted by atomic mass is 19.4. The molecule has 2 aromatic rings. The van der Waals surface area contributed by atoms with Crippen molar-refractivity contribution in [3.63, 3.8) is 0 Å². The molecule has 7 heteroatoms. The third-order valence-electron chi connectivity index (χ3n) is 4.12. The first-order valence-corrected chi connectivity index (χ1v) is 8.33. The van der Waals surface area contributed by atoms with Crippen molar-refractivity contribution < 1.29 is 22.8 Å². The average molecular weight is 378 g/mol. The van der Waals surface area contributed by atoms with Gasteiger partial charge in [0.05, 0.1) is 5.56 Å². The van der Waals surface area contributed by atoms with E-state index in [1.807, 2.05) is 31.2 Å². The number of hydrogen-bond donors (Lipinski definition) is 2. The average Bonchev–Trinajstić information content (AvgIpc) is 2.59. The number of carbonyl (C=O) groups excluding carboxylic acids is 2. The predicted octanol–water partition coefficient (Wildman–Crippen LogP) is 4.29. The van der Waals surface area contributed by atoms with Crippen LogP contribution in [-0.2, 0) is 22.3 Å². The summed E-state index contributed by atoms with van der Waals surface area (Å²) in [5, 5.41) is 5.07. The van der Waals surface area contributed by atoms with Gasteiger partial charge in [-0.15, -0.1) is 0 Å². The normalized spacial score (nSPS) is 11.8. The van der Waals surface area contributed by atoms with Gasteiger partial charge in [-0.3, -0.25) is 9.59 Å². The Labute approximate surface area is 155 Å². The number of amides is 2. The molecule has 4 nitrogen and oxygen atoms in total. The van der Waals surface area contributed by atoms with Crippen LogP contribution in [0.15, 0.2) is 48.5 Å². The minimum absolute atomic E-state index is 0.0191. The summed E-state index contributed by atoms with van der Waals surface area (Å²) >= 11 is 0. The second-order valence-electron chi connectivity index (χ2n) is 6.83. The maximum atomic E-state index is 12.8. The van der Waals surface area contributed by atoms with E-state index in [1.165, 1.54) is 26.0 Å². The molecule has 0 aromatic heterocycles. The summed E-state index contributed by atoms with van der Waals surface area (Å²) in [5.41, 5.74) is -0.421. The lowest BCUT2D eigenvalue weighted by Gasteiger charge is -2.23. The molecule has 0 atom stereocenters. The quantitative estimate of drug-likeness (QED) is 0.763. The van der Waals surface area contributed by atoms with Gasteiger partial charge < -0.3 is 10.6 Å². The van der Waals surface area contributed by atoms with E-state index in [0.717, 1.165) is 23.3 Å². The molecule has 2 N–H and O–H groups in total. The first-order chi connectivity index (χ1) is 12.5. The first-order valence-electron chi connectivity index (χ1n) is 8.33. The van der Waals surface area contributed by atoms with Crippen LogP contribution < -0.4 is 10.6 Å². The third-order valence-corrected chi connectivity index (χ3v) is 4.12. The number of anilines is 1. The van der Waals surface area contributed by atoms with Gasteiger partial charge in [0.15, 0.2) is 0 Å². The summed E-state index contributed by atoms with van der Waals surface area (Å²) in [4.78, 5) is 24.9. The topological polar surface area (TPSA) is 58.2 Å². The fourth-order valence-corrected chi connectivity index (χ4v) is 2.39. The third kappa shape index (κ3) is 5.32. The number of rotatable bonds is 5. The van der Waals surface area contributed by atoms with Gasteiger partial charge in [-0.1, -0.05) is 35.9 Å². The fraction of sp³-hybridized carbons (Fsp3) is 0.300. The Bertz CT molecular complexity index is 845. The van der Waals surface area contributed by atoms with Crippen molar-refractivity contribution in [3.05, 3.63) is 65.2 Å². The van der Waals surface area contributed by atoms with Crippen molar-refractivity contribution in [2.45, 2.75) is 33.5 Å². The van der Waals surface area contributed by atoms with E-state index in [2.05, 4.69) is 10.6 Å². The van der Waals surface area contributed by atoms with Crippen LogP contribution in [0.1, 0.15) is 30.5 Å². The molecule has 0 aliphatic rings. The number of benzene rings is 2. The van der Waals surface area contributed by atoms with Gasteiger partial charge in [0.1, 0.15) is 5.41 Å². The van der Waals surface area contributed by atoms with Crippen molar-refractivity contribution in [1.29, 1.82) is 0 Å². The molecule has 0 aliphatic heterocycles. The van der Waals surface area contributed by atoms with Crippen LogP contribution in [0.25, 0.3) is 0 Å².